The summed E-state index contributed by atoms with van der Waals surface area (Å²) in [6, 6.07) is 26.5. The highest BCUT2D eigenvalue weighted by Gasteiger charge is 2.17. The summed E-state index contributed by atoms with van der Waals surface area (Å²) in [6.07, 6.45) is 2.08. The van der Waals surface area contributed by atoms with Crippen LogP contribution in [0.4, 0.5) is 5.69 Å². The van der Waals surface area contributed by atoms with E-state index in [2.05, 4.69) is 67.6 Å². The van der Waals surface area contributed by atoms with Gasteiger partial charge >= 0.3 is 0 Å². The molecule has 1 N–H and O–H groups in total. The van der Waals surface area contributed by atoms with Crippen LogP contribution in [0.1, 0.15) is 11.1 Å². The summed E-state index contributed by atoms with van der Waals surface area (Å²) in [5.74, 6) is 0. The van der Waals surface area contributed by atoms with E-state index in [9.17, 15) is 0 Å². The first-order valence-corrected chi connectivity index (χ1v) is 9.72. The Morgan fingerprint density at radius 3 is 1.96 bits per heavy atom. The van der Waals surface area contributed by atoms with Crippen molar-refractivity contribution in [3.05, 3.63) is 105 Å². The number of allylic oxidation sites excluding steroid dienone is 1. The van der Waals surface area contributed by atoms with Crippen molar-refractivity contribution in [2.24, 2.45) is 5.10 Å². The smallest absolute Gasteiger partial charge is 0.0950 e. The zero-order valence-electron chi connectivity index (χ0n) is 13.7. The minimum atomic E-state index is 0.901. The molecule has 1 aliphatic heterocycles. The molecule has 26 heavy (non-hydrogen) atoms. The maximum atomic E-state index is 4.79. The van der Waals surface area contributed by atoms with Crippen LogP contribution in [0, 0.1) is 0 Å². The van der Waals surface area contributed by atoms with E-state index in [4.69, 9.17) is 5.10 Å². The first-order chi connectivity index (χ1) is 12.7. The molecule has 3 aromatic carbocycles. The molecule has 0 aliphatic carbocycles. The summed E-state index contributed by atoms with van der Waals surface area (Å²) in [7, 11) is 0. The van der Waals surface area contributed by atoms with Crippen molar-refractivity contribution in [3.63, 3.8) is 0 Å². The van der Waals surface area contributed by atoms with Gasteiger partial charge in [-0.05, 0) is 48.0 Å². The monoisotopic (exact) mass is 467 g/mol. The molecule has 1 aliphatic rings. The molecule has 0 bridgehead atoms. The van der Waals surface area contributed by atoms with Crippen LogP contribution in [0.3, 0.4) is 0 Å². The minimum Gasteiger partial charge on any atom is -0.277 e. The average Bonchev–Trinajstić information content (AvgIpc) is 2.69. The lowest BCUT2D eigenvalue weighted by Crippen LogP contribution is -2.36. The van der Waals surface area contributed by atoms with Gasteiger partial charge in [0, 0.05) is 14.5 Å². The van der Waals surface area contributed by atoms with Crippen molar-refractivity contribution < 1.29 is 0 Å². The van der Waals surface area contributed by atoms with E-state index >= 15 is 0 Å². The third-order valence-electron chi connectivity index (χ3n) is 4.01. The largest absolute Gasteiger partial charge is 0.277 e. The Labute approximate surface area is 169 Å². The molecular formula is C21H15Br2N3. The van der Waals surface area contributed by atoms with Crippen LogP contribution in [0.25, 0.3) is 5.70 Å². The molecule has 128 valence electrons. The van der Waals surface area contributed by atoms with Gasteiger partial charge in [0.2, 0.25) is 0 Å². The van der Waals surface area contributed by atoms with Crippen molar-refractivity contribution in [2.75, 3.05) is 5.12 Å². The van der Waals surface area contributed by atoms with Crippen LogP contribution in [0.2, 0.25) is 0 Å². The normalized spacial score (nSPS) is 13.7. The van der Waals surface area contributed by atoms with Gasteiger partial charge in [-0.1, -0.05) is 74.3 Å². The fourth-order valence-corrected chi connectivity index (χ4v) is 3.21. The topological polar surface area (TPSA) is 27.6 Å². The molecule has 4 rings (SSSR count). The Kier molecular flexibility index (Phi) is 4.91. The van der Waals surface area contributed by atoms with Crippen molar-refractivity contribution in [1.29, 1.82) is 0 Å². The second kappa shape index (κ2) is 7.48. The summed E-state index contributed by atoms with van der Waals surface area (Å²) >= 11 is 6.97. The lowest BCUT2D eigenvalue weighted by Gasteiger charge is -2.28. The van der Waals surface area contributed by atoms with Crippen molar-refractivity contribution in [3.8, 4) is 0 Å². The van der Waals surface area contributed by atoms with Crippen LogP contribution in [0.15, 0.2) is 99.0 Å². The van der Waals surface area contributed by atoms with Crippen LogP contribution < -0.4 is 10.5 Å². The summed E-state index contributed by atoms with van der Waals surface area (Å²) in [4.78, 5) is 0. The second-order valence-electron chi connectivity index (χ2n) is 5.82. The van der Waals surface area contributed by atoms with E-state index in [0.29, 0.717) is 0 Å². The summed E-state index contributed by atoms with van der Waals surface area (Å²) in [6.45, 7) is 0. The zero-order valence-corrected chi connectivity index (χ0v) is 16.9. The summed E-state index contributed by atoms with van der Waals surface area (Å²) < 4.78 is 2.09. The van der Waals surface area contributed by atoms with Gasteiger partial charge in [0.25, 0.3) is 0 Å². The van der Waals surface area contributed by atoms with E-state index in [0.717, 1.165) is 37.2 Å². The van der Waals surface area contributed by atoms with E-state index < -0.39 is 0 Å². The van der Waals surface area contributed by atoms with Gasteiger partial charge in [0.1, 0.15) is 0 Å². The molecule has 0 amide bonds. The summed E-state index contributed by atoms with van der Waals surface area (Å²) in [5, 5.41) is 6.60. The number of anilines is 1. The molecule has 3 aromatic rings. The first-order valence-electron chi connectivity index (χ1n) is 8.13. The Bertz CT molecular complexity index is 962. The Morgan fingerprint density at radius 1 is 0.692 bits per heavy atom. The van der Waals surface area contributed by atoms with Gasteiger partial charge in [-0.25, -0.2) is 0 Å². The van der Waals surface area contributed by atoms with Gasteiger partial charge in [-0.3, -0.25) is 5.43 Å². The Hall–Kier alpha value is -2.37. The van der Waals surface area contributed by atoms with Crippen molar-refractivity contribution in [2.45, 2.75) is 0 Å². The van der Waals surface area contributed by atoms with Crippen molar-refractivity contribution >= 4 is 49.0 Å². The molecule has 3 nitrogen and oxygen atoms in total. The van der Waals surface area contributed by atoms with Crippen LogP contribution in [-0.2, 0) is 0 Å². The average molecular weight is 469 g/mol. The number of halogens is 2. The third-order valence-corrected chi connectivity index (χ3v) is 5.07. The molecule has 0 unspecified atom stereocenters. The van der Waals surface area contributed by atoms with Gasteiger partial charge in [-0.15, -0.1) is 0 Å². The van der Waals surface area contributed by atoms with Gasteiger partial charge < -0.3 is 0 Å². The number of benzene rings is 3. The quantitative estimate of drug-likeness (QED) is 0.511. The zero-order chi connectivity index (χ0) is 17.9. The number of hydrazone groups is 1. The van der Waals surface area contributed by atoms with Gasteiger partial charge in [0.05, 0.1) is 17.1 Å². The van der Waals surface area contributed by atoms with Crippen molar-refractivity contribution in [1.82, 2.24) is 5.43 Å². The molecule has 1 heterocycles. The SMILES string of the molecule is Brc1ccc(C2=NN(c3ccc(Br)cc3)NC(c3ccccc3)=C2)cc1. The predicted molar refractivity (Wildman–Crippen MR) is 115 cm³/mol. The van der Waals surface area contributed by atoms with E-state index in [-0.39, 0.29) is 0 Å². The number of hydrogen-bond acceptors (Lipinski definition) is 3. The molecule has 0 radical (unpaired) electrons. The second-order valence-corrected chi connectivity index (χ2v) is 7.65. The minimum absolute atomic E-state index is 0.901. The maximum absolute atomic E-state index is 4.79. The Balaban J connectivity index is 1.77. The van der Waals surface area contributed by atoms with E-state index in [1.807, 2.05) is 59.7 Å². The fourth-order valence-electron chi connectivity index (χ4n) is 2.68. The predicted octanol–water partition coefficient (Wildman–Crippen LogP) is 5.98. The number of hydrazine groups is 1. The maximum Gasteiger partial charge on any atom is 0.0950 e. The van der Waals surface area contributed by atoms with E-state index in [1.165, 1.54) is 0 Å². The van der Waals surface area contributed by atoms with E-state index in [1.54, 1.807) is 0 Å². The standard InChI is InChI=1S/C21H15Br2N3/c22-17-8-6-16(7-9-17)21-14-20(15-4-2-1-3-5-15)24-26(25-21)19-12-10-18(23)11-13-19/h1-14,24H. The molecule has 0 aromatic heterocycles. The number of hydrogen-bond donors (Lipinski definition) is 1. The molecule has 0 spiro atoms. The number of rotatable bonds is 3. The molecule has 5 heteroatoms. The molecule has 0 saturated carbocycles. The Morgan fingerprint density at radius 2 is 1.31 bits per heavy atom. The highest BCUT2D eigenvalue weighted by atomic mass is 79.9. The van der Waals surface area contributed by atoms with Crippen LogP contribution in [-0.4, -0.2) is 5.71 Å². The first kappa shape index (κ1) is 17.1. The van der Waals surface area contributed by atoms with Crippen LogP contribution >= 0.6 is 31.9 Å². The highest BCUT2D eigenvalue weighted by molar-refractivity contribution is 9.10. The van der Waals surface area contributed by atoms with Crippen LogP contribution in [0.5, 0.6) is 0 Å². The summed E-state index contributed by atoms with van der Waals surface area (Å²) in [5.41, 5.74) is 8.43. The fraction of sp³-hybridized carbons (Fsp3) is 0. The lowest BCUT2D eigenvalue weighted by atomic mass is 10.1. The molecule has 0 saturated heterocycles. The molecule has 0 fully saturated rings. The molecule has 0 atom stereocenters. The highest BCUT2D eigenvalue weighted by Crippen LogP contribution is 2.24. The molecular weight excluding hydrogens is 454 g/mol. The van der Waals surface area contributed by atoms with Gasteiger partial charge in [-0.2, -0.15) is 10.2 Å². The van der Waals surface area contributed by atoms with Gasteiger partial charge in [0.15, 0.2) is 0 Å². The number of nitrogens with zero attached hydrogens (tertiary/aromatic N) is 2. The third kappa shape index (κ3) is 3.74. The lowest BCUT2D eigenvalue weighted by molar-refractivity contribution is 0.787. The number of nitrogens with one attached hydrogen (secondary N) is 1.